The van der Waals surface area contributed by atoms with Crippen LogP contribution < -0.4 is 21.7 Å². The number of anilines is 3. The first-order valence-electron chi connectivity index (χ1n) is 11.1. The van der Waals surface area contributed by atoms with E-state index in [0.717, 1.165) is 56.0 Å². The number of likely N-dealkylation sites (N-methyl/N-ethyl adjacent to an activating group) is 1. The van der Waals surface area contributed by atoms with Gasteiger partial charge in [0, 0.05) is 51.4 Å². The largest absolute Gasteiger partial charge is 0.390 e. The Morgan fingerprint density at radius 1 is 1.22 bits per heavy atom. The van der Waals surface area contributed by atoms with Crippen molar-refractivity contribution in [2.24, 2.45) is 12.8 Å². The molecule has 0 saturated carbocycles. The number of nitrogens with two attached hydrogens (primary N) is 2. The van der Waals surface area contributed by atoms with Crippen molar-refractivity contribution in [2.45, 2.75) is 31.2 Å². The van der Waals surface area contributed by atoms with Gasteiger partial charge in [-0.15, -0.1) is 11.3 Å². The number of nitrogen functional groups attached to an aromatic ring is 1. The van der Waals surface area contributed by atoms with Crippen LogP contribution in [0.2, 0.25) is 0 Å². The third-order valence-corrected chi connectivity index (χ3v) is 7.52. The van der Waals surface area contributed by atoms with E-state index in [1.165, 1.54) is 16.9 Å². The molecule has 10 heteroatoms. The lowest BCUT2D eigenvalue weighted by atomic mass is 9.93. The number of carbonyl (C=O) groups is 1. The minimum Gasteiger partial charge on any atom is -0.390 e. The van der Waals surface area contributed by atoms with E-state index in [1.54, 1.807) is 6.20 Å². The van der Waals surface area contributed by atoms with E-state index in [9.17, 15) is 4.79 Å². The molecule has 2 fully saturated rings. The summed E-state index contributed by atoms with van der Waals surface area (Å²) < 4.78 is 2.76. The fraction of sp³-hybridized carbons (Fsp3) is 0.500. The number of aryl methyl sites for hydroxylation is 1. The zero-order valence-electron chi connectivity index (χ0n) is 18.5. The minimum absolute atomic E-state index is 0.222. The first-order valence-corrected chi connectivity index (χ1v) is 11.9. The Morgan fingerprint density at radius 2 is 2.03 bits per heavy atom. The fourth-order valence-electron chi connectivity index (χ4n) is 4.78. The predicted octanol–water partition coefficient (Wildman–Crippen LogP) is 2.21. The smallest absolute Gasteiger partial charge is 0.261 e. The van der Waals surface area contributed by atoms with E-state index in [1.807, 2.05) is 17.9 Å². The second-order valence-electron chi connectivity index (χ2n) is 9.01. The molecule has 0 aliphatic carbocycles. The van der Waals surface area contributed by atoms with Crippen LogP contribution in [0.15, 0.2) is 18.5 Å². The molecule has 1 amide bonds. The van der Waals surface area contributed by atoms with Crippen LogP contribution in [0, 0.1) is 0 Å². The predicted molar refractivity (Wildman–Crippen MR) is 129 cm³/mol. The van der Waals surface area contributed by atoms with Crippen LogP contribution in [-0.4, -0.2) is 64.8 Å². The molecule has 1 atom stereocenters. The quantitative estimate of drug-likeness (QED) is 0.553. The highest BCUT2D eigenvalue weighted by molar-refractivity contribution is 7.23. The van der Waals surface area contributed by atoms with Crippen LogP contribution in [0.1, 0.15) is 41.1 Å². The number of hydrogen-bond donors (Lipinski definition) is 3. The molecule has 5 rings (SSSR count). The van der Waals surface area contributed by atoms with Gasteiger partial charge in [-0.2, -0.15) is 5.10 Å². The molecule has 0 unspecified atom stereocenters. The van der Waals surface area contributed by atoms with Crippen molar-refractivity contribution in [3.05, 3.63) is 29.6 Å². The first kappa shape index (κ1) is 21.2. The number of thiophene rings is 1. The maximum Gasteiger partial charge on any atom is 0.261 e. The second-order valence-corrected chi connectivity index (χ2v) is 10.1. The molecule has 170 valence electrons. The van der Waals surface area contributed by atoms with Gasteiger partial charge in [-0.25, -0.2) is 0 Å². The Kier molecular flexibility index (Phi) is 5.52. The molecule has 3 aromatic heterocycles. The number of carbonyl (C=O) groups excluding carboxylic acids is 1. The Balaban J connectivity index is 1.40. The van der Waals surface area contributed by atoms with E-state index < -0.39 is 0 Å². The lowest BCUT2D eigenvalue weighted by molar-refractivity contribution is 0.102. The van der Waals surface area contributed by atoms with E-state index >= 15 is 0 Å². The average molecular weight is 455 g/mol. The highest BCUT2D eigenvalue weighted by Gasteiger charge is 2.27. The SMILES string of the molecule is CN1CC(c2cnc3c(C(=O)Nc4cnn(C)c4N4CCC[C@H](N)CC4)c(N)sc3c2)C1. The van der Waals surface area contributed by atoms with Crippen LogP contribution in [-0.2, 0) is 7.05 Å². The summed E-state index contributed by atoms with van der Waals surface area (Å²) in [5, 5.41) is 7.93. The number of amides is 1. The normalized spacial score (nSPS) is 20.3. The third-order valence-electron chi connectivity index (χ3n) is 6.57. The summed E-state index contributed by atoms with van der Waals surface area (Å²) in [7, 11) is 4.01. The van der Waals surface area contributed by atoms with Crippen molar-refractivity contribution < 1.29 is 4.79 Å². The fourth-order valence-corrected chi connectivity index (χ4v) is 5.75. The molecular weight excluding hydrogens is 424 g/mol. The first-order chi connectivity index (χ1) is 15.4. The zero-order valence-corrected chi connectivity index (χ0v) is 19.4. The summed E-state index contributed by atoms with van der Waals surface area (Å²) in [5.74, 6) is 1.14. The van der Waals surface area contributed by atoms with Crippen LogP contribution in [0.3, 0.4) is 0 Å². The molecule has 9 nitrogen and oxygen atoms in total. The summed E-state index contributed by atoms with van der Waals surface area (Å²) in [6.07, 6.45) is 6.53. The molecule has 0 aromatic carbocycles. The number of rotatable bonds is 4. The molecule has 2 saturated heterocycles. The molecule has 2 aliphatic heterocycles. The number of fused-ring (bicyclic) bond motifs is 1. The van der Waals surface area contributed by atoms with Crippen LogP contribution in [0.5, 0.6) is 0 Å². The van der Waals surface area contributed by atoms with E-state index in [2.05, 4.69) is 38.3 Å². The maximum absolute atomic E-state index is 13.3. The molecule has 0 spiro atoms. The van der Waals surface area contributed by atoms with Gasteiger partial charge in [-0.05, 0) is 37.9 Å². The van der Waals surface area contributed by atoms with Crippen LogP contribution >= 0.6 is 11.3 Å². The van der Waals surface area contributed by atoms with Gasteiger partial charge >= 0.3 is 0 Å². The summed E-state index contributed by atoms with van der Waals surface area (Å²) in [6.45, 7) is 3.80. The number of nitrogens with zero attached hydrogens (tertiary/aromatic N) is 5. The summed E-state index contributed by atoms with van der Waals surface area (Å²) in [4.78, 5) is 22.5. The molecule has 3 aromatic rings. The summed E-state index contributed by atoms with van der Waals surface area (Å²) in [6, 6.07) is 2.35. The van der Waals surface area contributed by atoms with Crippen molar-refractivity contribution >= 4 is 44.0 Å². The summed E-state index contributed by atoms with van der Waals surface area (Å²) in [5.41, 5.74) is 15.4. The molecule has 32 heavy (non-hydrogen) atoms. The number of likely N-dealkylation sites (tertiary alicyclic amines) is 1. The third kappa shape index (κ3) is 3.82. The second kappa shape index (κ2) is 8.34. The number of pyridine rings is 1. The summed E-state index contributed by atoms with van der Waals surface area (Å²) >= 11 is 1.42. The van der Waals surface area contributed by atoms with Gasteiger partial charge in [0.05, 0.1) is 16.4 Å². The molecule has 0 radical (unpaired) electrons. The van der Waals surface area contributed by atoms with Crippen molar-refractivity contribution in [3.63, 3.8) is 0 Å². The topological polar surface area (TPSA) is 118 Å². The zero-order chi connectivity index (χ0) is 22.4. The standard InChI is InChI=1S/C22H30N8OS/c1-28-11-14(12-28)13-8-17-19(25-9-13)18(20(24)32-17)21(31)27-16-10-26-29(2)22(16)30-6-3-4-15(23)5-7-30/h8-10,14-15H,3-7,11-12,23-24H2,1-2H3,(H,27,31)/t15-/m0/s1. The lowest BCUT2D eigenvalue weighted by Gasteiger charge is -2.36. The van der Waals surface area contributed by atoms with Crippen LogP contribution in [0.4, 0.5) is 16.5 Å². The average Bonchev–Trinajstić information content (AvgIpc) is 3.17. The molecular formula is C22H30N8OS. The Labute approximate surface area is 191 Å². The Bertz CT molecular complexity index is 1150. The molecule has 5 heterocycles. The van der Waals surface area contributed by atoms with E-state index in [0.29, 0.717) is 27.7 Å². The van der Waals surface area contributed by atoms with Gasteiger partial charge in [-0.1, -0.05) is 0 Å². The highest BCUT2D eigenvalue weighted by Crippen LogP contribution is 2.36. The van der Waals surface area contributed by atoms with E-state index in [4.69, 9.17) is 11.5 Å². The van der Waals surface area contributed by atoms with Gasteiger partial charge in [0.15, 0.2) is 5.82 Å². The highest BCUT2D eigenvalue weighted by atomic mass is 32.1. The molecule has 2 aliphatic rings. The lowest BCUT2D eigenvalue weighted by Crippen LogP contribution is -2.41. The van der Waals surface area contributed by atoms with E-state index in [-0.39, 0.29) is 11.9 Å². The van der Waals surface area contributed by atoms with Gasteiger partial charge in [0.25, 0.3) is 5.91 Å². The van der Waals surface area contributed by atoms with Gasteiger partial charge in [0.1, 0.15) is 16.3 Å². The van der Waals surface area contributed by atoms with Crippen molar-refractivity contribution in [1.82, 2.24) is 19.7 Å². The van der Waals surface area contributed by atoms with Gasteiger partial charge in [0.2, 0.25) is 0 Å². The number of nitrogens with one attached hydrogen (secondary N) is 1. The molecule has 0 bridgehead atoms. The number of hydrogen-bond acceptors (Lipinski definition) is 8. The Morgan fingerprint density at radius 3 is 2.81 bits per heavy atom. The van der Waals surface area contributed by atoms with Gasteiger partial charge in [-0.3, -0.25) is 14.5 Å². The van der Waals surface area contributed by atoms with Crippen molar-refractivity contribution in [2.75, 3.05) is 49.2 Å². The van der Waals surface area contributed by atoms with Crippen molar-refractivity contribution in [1.29, 1.82) is 0 Å². The maximum atomic E-state index is 13.3. The number of aromatic nitrogens is 3. The van der Waals surface area contributed by atoms with Gasteiger partial charge < -0.3 is 26.6 Å². The van der Waals surface area contributed by atoms with Crippen LogP contribution in [0.25, 0.3) is 10.2 Å². The van der Waals surface area contributed by atoms with Crippen molar-refractivity contribution in [3.8, 4) is 0 Å². The molecule has 5 N–H and O–H groups in total. The monoisotopic (exact) mass is 454 g/mol. The minimum atomic E-state index is -0.252. The Hall–Kier alpha value is -2.69.